The number of nitrogens with one attached hydrogen (secondary N) is 1. The number of hydrogen-bond donors (Lipinski definition) is 1. The van der Waals surface area contributed by atoms with Crippen LogP contribution in [0.25, 0.3) is 0 Å². The number of carbonyl (C=O) groups excluding carboxylic acids is 2. The zero-order valence-electron chi connectivity index (χ0n) is 19.4. The standard InChI is InChI=1S/C26H26N4O4/c1-16-23(13-27-17(2)28-16)34-15-26(18-7-5-4-6-8-18)12-20(26)25(32)29-19-9-10-22-21(11-19)30(3)24(31)14-33-22/h4-11,13,20H,12,14-15H2,1-3H3,(H,29,32)/t20-,26+/m0/s1. The quantitative estimate of drug-likeness (QED) is 0.608. The lowest BCUT2D eigenvalue weighted by molar-refractivity contribution is -0.121. The van der Waals surface area contributed by atoms with E-state index in [-0.39, 0.29) is 24.3 Å². The van der Waals surface area contributed by atoms with Crippen molar-refractivity contribution in [2.24, 2.45) is 5.92 Å². The number of fused-ring (bicyclic) bond motifs is 1. The zero-order valence-corrected chi connectivity index (χ0v) is 19.4. The molecule has 174 valence electrons. The fraction of sp³-hybridized carbons (Fsp3) is 0.308. The van der Waals surface area contributed by atoms with Crippen LogP contribution in [-0.2, 0) is 15.0 Å². The van der Waals surface area contributed by atoms with Gasteiger partial charge in [0.05, 0.1) is 30.1 Å². The number of hydrogen-bond acceptors (Lipinski definition) is 6. The summed E-state index contributed by atoms with van der Waals surface area (Å²) in [5.74, 6) is 1.45. The molecule has 8 nitrogen and oxygen atoms in total. The van der Waals surface area contributed by atoms with E-state index in [0.29, 0.717) is 41.7 Å². The minimum atomic E-state index is -0.438. The Morgan fingerprint density at radius 2 is 2.03 bits per heavy atom. The molecule has 2 aromatic carbocycles. The number of benzene rings is 2. The van der Waals surface area contributed by atoms with Crippen molar-refractivity contribution in [3.05, 3.63) is 71.8 Å². The van der Waals surface area contributed by atoms with Crippen LogP contribution in [0.4, 0.5) is 11.4 Å². The highest BCUT2D eigenvalue weighted by atomic mass is 16.5. The molecule has 5 rings (SSSR count). The van der Waals surface area contributed by atoms with E-state index in [1.807, 2.05) is 44.2 Å². The van der Waals surface area contributed by atoms with E-state index in [1.54, 1.807) is 36.3 Å². The number of nitrogens with zero attached hydrogens (tertiary/aromatic N) is 3. The SMILES string of the molecule is Cc1ncc(OC[C@@]2(c3ccccc3)C[C@H]2C(=O)Nc2ccc3c(c2)N(C)C(=O)CO3)c(C)n1. The molecular weight excluding hydrogens is 432 g/mol. The van der Waals surface area contributed by atoms with Gasteiger partial charge in [-0.1, -0.05) is 30.3 Å². The molecule has 0 spiro atoms. The fourth-order valence-electron chi connectivity index (χ4n) is 4.48. The predicted molar refractivity (Wildman–Crippen MR) is 127 cm³/mol. The van der Waals surface area contributed by atoms with Crippen LogP contribution >= 0.6 is 0 Å². The first-order valence-corrected chi connectivity index (χ1v) is 11.2. The number of amides is 2. The van der Waals surface area contributed by atoms with Crippen LogP contribution in [0.3, 0.4) is 0 Å². The molecular formula is C26H26N4O4. The lowest BCUT2D eigenvalue weighted by Crippen LogP contribution is -2.35. The molecule has 1 fully saturated rings. The van der Waals surface area contributed by atoms with Crippen molar-refractivity contribution in [1.82, 2.24) is 9.97 Å². The van der Waals surface area contributed by atoms with Crippen molar-refractivity contribution in [3.8, 4) is 11.5 Å². The Bertz CT molecular complexity index is 1260. The Morgan fingerprint density at radius 1 is 1.24 bits per heavy atom. The molecule has 8 heteroatoms. The van der Waals surface area contributed by atoms with E-state index in [1.165, 1.54) is 0 Å². The third kappa shape index (κ3) is 3.96. The monoisotopic (exact) mass is 458 g/mol. The largest absolute Gasteiger partial charge is 0.489 e. The number of carbonyl (C=O) groups is 2. The van der Waals surface area contributed by atoms with Crippen LogP contribution in [0.1, 0.15) is 23.5 Å². The topological polar surface area (TPSA) is 93.7 Å². The molecule has 2 aliphatic rings. The Kier molecular flexibility index (Phi) is 5.43. The Hall–Kier alpha value is -3.94. The number of aromatic nitrogens is 2. The van der Waals surface area contributed by atoms with Crippen LogP contribution in [0, 0.1) is 19.8 Å². The van der Waals surface area contributed by atoms with Crippen LogP contribution in [0.5, 0.6) is 11.5 Å². The van der Waals surface area contributed by atoms with Gasteiger partial charge in [0.15, 0.2) is 12.4 Å². The van der Waals surface area contributed by atoms with Crippen LogP contribution in [0.2, 0.25) is 0 Å². The predicted octanol–water partition coefficient (Wildman–Crippen LogP) is 3.42. The lowest BCUT2D eigenvalue weighted by atomic mass is 9.93. The van der Waals surface area contributed by atoms with Gasteiger partial charge in [-0.3, -0.25) is 9.59 Å². The molecule has 0 saturated heterocycles. The average molecular weight is 459 g/mol. The number of anilines is 2. The third-order valence-electron chi connectivity index (χ3n) is 6.59. The van der Waals surface area contributed by atoms with Crippen LogP contribution < -0.4 is 19.7 Å². The van der Waals surface area contributed by atoms with Crippen LogP contribution in [0.15, 0.2) is 54.7 Å². The van der Waals surface area contributed by atoms with Crippen molar-refractivity contribution in [2.45, 2.75) is 25.7 Å². The summed E-state index contributed by atoms with van der Waals surface area (Å²) in [6.07, 6.45) is 2.35. The van der Waals surface area contributed by atoms with E-state index < -0.39 is 5.41 Å². The molecule has 34 heavy (non-hydrogen) atoms. The van der Waals surface area contributed by atoms with Crippen molar-refractivity contribution in [2.75, 3.05) is 30.5 Å². The molecule has 2 amide bonds. The minimum Gasteiger partial charge on any atom is -0.489 e. The van der Waals surface area contributed by atoms with Gasteiger partial charge in [-0.15, -0.1) is 0 Å². The van der Waals surface area contributed by atoms with E-state index >= 15 is 0 Å². The molecule has 3 aromatic rings. The molecule has 0 bridgehead atoms. The maximum Gasteiger partial charge on any atom is 0.264 e. The number of rotatable bonds is 6. The summed E-state index contributed by atoms with van der Waals surface area (Å²) in [5.41, 5.74) is 2.65. The highest BCUT2D eigenvalue weighted by molar-refractivity contribution is 6.00. The minimum absolute atomic E-state index is 0.0162. The van der Waals surface area contributed by atoms with Gasteiger partial charge >= 0.3 is 0 Å². The highest BCUT2D eigenvalue weighted by Crippen LogP contribution is 2.55. The summed E-state index contributed by atoms with van der Waals surface area (Å²) in [5, 5.41) is 3.02. The van der Waals surface area contributed by atoms with E-state index in [4.69, 9.17) is 9.47 Å². The van der Waals surface area contributed by atoms with Gasteiger partial charge < -0.3 is 19.7 Å². The van der Waals surface area contributed by atoms with E-state index in [9.17, 15) is 9.59 Å². The first-order chi connectivity index (χ1) is 16.4. The summed E-state index contributed by atoms with van der Waals surface area (Å²) >= 11 is 0. The number of aryl methyl sites for hydroxylation is 2. The maximum atomic E-state index is 13.3. The molecule has 0 unspecified atom stereocenters. The van der Waals surface area contributed by atoms with Gasteiger partial charge in [-0.25, -0.2) is 9.97 Å². The molecule has 1 aliphatic heterocycles. The second-order valence-corrected chi connectivity index (χ2v) is 8.85. The molecule has 1 N–H and O–H groups in total. The Morgan fingerprint density at radius 3 is 2.79 bits per heavy atom. The summed E-state index contributed by atoms with van der Waals surface area (Å²) in [6.45, 7) is 4.09. The number of ether oxygens (including phenoxy) is 2. The van der Waals surface area contributed by atoms with Gasteiger partial charge in [0.1, 0.15) is 11.6 Å². The van der Waals surface area contributed by atoms with E-state index in [0.717, 1.165) is 11.3 Å². The molecule has 1 saturated carbocycles. The molecule has 2 heterocycles. The summed E-state index contributed by atoms with van der Waals surface area (Å²) < 4.78 is 11.6. The summed E-state index contributed by atoms with van der Waals surface area (Å²) in [4.78, 5) is 35.4. The number of likely N-dealkylation sites (N-methyl/N-ethyl adjacent to an activating group) is 1. The summed E-state index contributed by atoms with van der Waals surface area (Å²) in [6, 6.07) is 15.3. The zero-order chi connectivity index (χ0) is 23.9. The Balaban J connectivity index is 1.35. The highest BCUT2D eigenvalue weighted by Gasteiger charge is 2.60. The first-order valence-electron chi connectivity index (χ1n) is 11.2. The van der Waals surface area contributed by atoms with Crippen molar-refractivity contribution < 1.29 is 19.1 Å². The summed E-state index contributed by atoms with van der Waals surface area (Å²) in [7, 11) is 1.70. The van der Waals surface area contributed by atoms with Crippen molar-refractivity contribution in [1.29, 1.82) is 0 Å². The smallest absolute Gasteiger partial charge is 0.264 e. The normalized spacial score (nSPS) is 20.9. The Labute approximate surface area is 197 Å². The van der Waals surface area contributed by atoms with Gasteiger partial charge in [0.2, 0.25) is 5.91 Å². The maximum absolute atomic E-state index is 13.3. The molecule has 0 radical (unpaired) electrons. The molecule has 1 aliphatic carbocycles. The average Bonchev–Trinajstić information content (AvgIpc) is 3.58. The van der Waals surface area contributed by atoms with Gasteiger partial charge in [-0.05, 0) is 44.0 Å². The van der Waals surface area contributed by atoms with Gasteiger partial charge in [-0.2, -0.15) is 0 Å². The molecule has 1 aromatic heterocycles. The van der Waals surface area contributed by atoms with Crippen LogP contribution in [-0.4, -0.2) is 42.0 Å². The fourth-order valence-corrected chi connectivity index (χ4v) is 4.48. The van der Waals surface area contributed by atoms with Gasteiger partial charge in [0, 0.05) is 18.2 Å². The van der Waals surface area contributed by atoms with E-state index in [2.05, 4.69) is 15.3 Å². The second kappa shape index (κ2) is 8.44. The van der Waals surface area contributed by atoms with Crippen molar-refractivity contribution >= 4 is 23.2 Å². The second-order valence-electron chi connectivity index (χ2n) is 8.85. The van der Waals surface area contributed by atoms with Crippen molar-refractivity contribution in [3.63, 3.8) is 0 Å². The third-order valence-corrected chi connectivity index (χ3v) is 6.59. The molecule has 2 atom stereocenters. The lowest BCUT2D eigenvalue weighted by Gasteiger charge is -2.26. The first kappa shape index (κ1) is 21.9. The van der Waals surface area contributed by atoms with Gasteiger partial charge in [0.25, 0.3) is 5.91 Å².